The number of nitrogens with zero attached hydrogens (tertiary/aromatic N) is 3. The molecule has 0 atom stereocenters. The fourth-order valence-electron chi connectivity index (χ4n) is 3.09. The van der Waals surface area contributed by atoms with Crippen LogP contribution in [0.3, 0.4) is 0 Å². The molecule has 2 aromatic carbocycles. The molecule has 4 rings (SSSR count). The Balaban J connectivity index is 1.72. The van der Waals surface area contributed by atoms with Crippen LogP contribution in [0.1, 0.15) is 16.7 Å². The van der Waals surface area contributed by atoms with E-state index in [0.29, 0.717) is 15.6 Å². The zero-order chi connectivity index (χ0) is 22.2. The van der Waals surface area contributed by atoms with Crippen LogP contribution in [0.15, 0.2) is 65.8 Å². The van der Waals surface area contributed by atoms with Gasteiger partial charge in [0.15, 0.2) is 0 Å². The molecule has 0 amide bonds. The molecule has 2 heterocycles. The van der Waals surface area contributed by atoms with Crippen molar-refractivity contribution < 1.29 is 17.9 Å². The van der Waals surface area contributed by atoms with Crippen molar-refractivity contribution in [3.8, 4) is 11.6 Å². The minimum absolute atomic E-state index is 0.0682. The number of aryl methyl sites for hydroxylation is 1. The van der Waals surface area contributed by atoms with Crippen molar-refractivity contribution in [1.29, 1.82) is 0 Å². The van der Waals surface area contributed by atoms with E-state index in [1.54, 1.807) is 33.2 Å². The molecule has 2 aromatic heterocycles. The second-order valence-electron chi connectivity index (χ2n) is 6.95. The van der Waals surface area contributed by atoms with Crippen molar-refractivity contribution in [2.45, 2.75) is 19.6 Å². The van der Waals surface area contributed by atoms with E-state index in [1.165, 1.54) is 24.7 Å². The lowest BCUT2D eigenvalue weighted by atomic mass is 10.1. The fourth-order valence-corrected chi connectivity index (χ4v) is 3.54. The molecular weight excluding hydrogens is 522 g/mol. The smallest absolute Gasteiger partial charge is 0.421 e. The minimum Gasteiger partial charge on any atom is -0.438 e. The number of halogens is 4. The highest BCUT2D eigenvalue weighted by Gasteiger charge is 2.36. The third-order valence-corrected chi connectivity index (χ3v) is 5.22. The van der Waals surface area contributed by atoms with E-state index >= 15 is 0 Å². The summed E-state index contributed by atoms with van der Waals surface area (Å²) in [5.74, 6) is -0.505. The van der Waals surface area contributed by atoms with Gasteiger partial charge in [-0.25, -0.2) is 4.98 Å². The highest BCUT2D eigenvalue weighted by Crippen LogP contribution is 2.37. The van der Waals surface area contributed by atoms with E-state index in [1.807, 2.05) is 31.2 Å². The Bertz CT molecular complexity index is 1320. The second-order valence-corrected chi connectivity index (χ2v) is 8.19. The second kappa shape index (κ2) is 8.29. The summed E-state index contributed by atoms with van der Waals surface area (Å²) in [6.45, 7) is 2.48. The molecular formula is C22H15F3IN3O2. The molecule has 0 aliphatic rings. The quantitative estimate of drug-likeness (QED) is 0.320. The maximum absolute atomic E-state index is 13.3. The van der Waals surface area contributed by atoms with Crippen molar-refractivity contribution in [1.82, 2.24) is 14.5 Å². The summed E-state index contributed by atoms with van der Waals surface area (Å²) in [7, 11) is 0. The first-order valence-electron chi connectivity index (χ1n) is 9.16. The average Bonchev–Trinajstić information content (AvgIpc) is 2.72. The molecule has 31 heavy (non-hydrogen) atoms. The van der Waals surface area contributed by atoms with Gasteiger partial charge in [0.25, 0.3) is 5.56 Å². The molecule has 158 valence electrons. The minimum atomic E-state index is -4.62. The van der Waals surface area contributed by atoms with Crippen LogP contribution >= 0.6 is 22.6 Å². The molecule has 9 heteroatoms. The molecule has 0 spiro atoms. The van der Waals surface area contributed by atoms with E-state index in [-0.39, 0.29) is 11.1 Å². The van der Waals surface area contributed by atoms with Crippen molar-refractivity contribution in [3.05, 3.63) is 91.7 Å². The van der Waals surface area contributed by atoms with Crippen molar-refractivity contribution >= 4 is 33.5 Å². The van der Waals surface area contributed by atoms with E-state index < -0.39 is 23.2 Å². The lowest BCUT2D eigenvalue weighted by Crippen LogP contribution is -2.13. The van der Waals surface area contributed by atoms with Gasteiger partial charge in [-0.2, -0.15) is 18.2 Å². The number of fused-ring (bicyclic) bond motifs is 1. The first kappa shape index (κ1) is 21.3. The normalized spacial score (nSPS) is 11.6. The molecule has 0 saturated carbocycles. The zero-order valence-electron chi connectivity index (χ0n) is 16.2. The predicted octanol–water partition coefficient (Wildman–Crippen LogP) is 5.56. The van der Waals surface area contributed by atoms with Gasteiger partial charge in [0.05, 0.1) is 17.2 Å². The highest BCUT2D eigenvalue weighted by atomic mass is 127. The van der Waals surface area contributed by atoms with E-state index in [2.05, 4.69) is 9.97 Å². The van der Waals surface area contributed by atoms with Gasteiger partial charge in [-0.05, 0) is 59.3 Å². The summed E-state index contributed by atoms with van der Waals surface area (Å²) in [5.41, 5.74) is 1.28. The van der Waals surface area contributed by atoms with Crippen LogP contribution in [0.25, 0.3) is 10.9 Å². The average molecular weight is 537 g/mol. The first-order chi connectivity index (χ1) is 14.7. The van der Waals surface area contributed by atoms with Crippen LogP contribution < -0.4 is 10.3 Å². The number of alkyl halides is 3. The summed E-state index contributed by atoms with van der Waals surface area (Å²) >= 11 is 1.75. The maximum Gasteiger partial charge on any atom is 0.421 e. The SMILES string of the molecule is Cc1ccc(Cn2cnc(=O)c3cc(Oc4ncc(I)cc4C(F)(F)F)ccc32)cc1. The Labute approximate surface area is 188 Å². The van der Waals surface area contributed by atoms with Crippen molar-refractivity contribution in [3.63, 3.8) is 0 Å². The number of ether oxygens (including phenoxy) is 1. The number of pyridine rings is 1. The van der Waals surface area contributed by atoms with Crippen LogP contribution in [-0.2, 0) is 12.7 Å². The predicted molar refractivity (Wildman–Crippen MR) is 118 cm³/mol. The Morgan fingerprint density at radius 1 is 1.06 bits per heavy atom. The molecule has 0 aliphatic carbocycles. The van der Waals surface area contributed by atoms with Crippen LogP contribution in [0.5, 0.6) is 11.6 Å². The first-order valence-corrected chi connectivity index (χ1v) is 10.2. The third kappa shape index (κ3) is 4.71. The van der Waals surface area contributed by atoms with Gasteiger partial charge in [-0.1, -0.05) is 29.8 Å². The fraction of sp³-hybridized carbons (Fsp3) is 0.136. The van der Waals surface area contributed by atoms with Gasteiger partial charge >= 0.3 is 6.18 Å². The number of rotatable bonds is 4. The lowest BCUT2D eigenvalue weighted by Gasteiger charge is -2.14. The Morgan fingerprint density at radius 3 is 2.52 bits per heavy atom. The van der Waals surface area contributed by atoms with Gasteiger partial charge in [-0.3, -0.25) is 4.79 Å². The van der Waals surface area contributed by atoms with Crippen LogP contribution in [0.4, 0.5) is 13.2 Å². The molecule has 5 nitrogen and oxygen atoms in total. The standard InChI is InChI=1S/C22H15F3IN3O2/c1-13-2-4-14(5-3-13)11-29-12-28-20(30)17-9-16(6-7-19(17)29)31-21-18(22(23,24)25)8-15(26)10-27-21/h2-10,12H,11H2,1H3. The lowest BCUT2D eigenvalue weighted by molar-refractivity contribution is -0.138. The van der Waals surface area contributed by atoms with E-state index in [0.717, 1.165) is 17.2 Å². The Kier molecular flexibility index (Phi) is 5.69. The molecule has 0 fully saturated rings. The van der Waals surface area contributed by atoms with E-state index in [9.17, 15) is 18.0 Å². The Hall–Kier alpha value is -2.95. The number of hydrogen-bond acceptors (Lipinski definition) is 4. The molecule has 0 aliphatic heterocycles. The van der Waals surface area contributed by atoms with Crippen molar-refractivity contribution in [2.75, 3.05) is 0 Å². The largest absolute Gasteiger partial charge is 0.438 e. The summed E-state index contributed by atoms with van der Waals surface area (Å²) in [4.78, 5) is 20.0. The highest BCUT2D eigenvalue weighted by molar-refractivity contribution is 14.1. The van der Waals surface area contributed by atoms with Gasteiger partial charge in [-0.15, -0.1) is 0 Å². The zero-order valence-corrected chi connectivity index (χ0v) is 18.3. The number of aromatic nitrogens is 3. The third-order valence-electron chi connectivity index (χ3n) is 4.63. The van der Waals surface area contributed by atoms with Gasteiger partial charge in [0.2, 0.25) is 5.88 Å². The summed E-state index contributed by atoms with van der Waals surface area (Å²) in [5, 5.41) is 0.242. The number of benzene rings is 2. The van der Waals surface area contributed by atoms with Gasteiger partial charge in [0, 0.05) is 16.3 Å². The van der Waals surface area contributed by atoms with E-state index in [4.69, 9.17) is 4.74 Å². The monoisotopic (exact) mass is 537 g/mol. The maximum atomic E-state index is 13.3. The molecule has 0 N–H and O–H groups in total. The molecule has 0 saturated heterocycles. The summed E-state index contributed by atoms with van der Waals surface area (Å²) < 4.78 is 47.6. The van der Waals surface area contributed by atoms with Crippen LogP contribution in [0, 0.1) is 10.5 Å². The van der Waals surface area contributed by atoms with Gasteiger partial charge in [0.1, 0.15) is 11.3 Å². The molecule has 0 radical (unpaired) electrons. The Morgan fingerprint density at radius 2 is 1.81 bits per heavy atom. The van der Waals surface area contributed by atoms with Crippen LogP contribution in [0.2, 0.25) is 0 Å². The number of hydrogen-bond donors (Lipinski definition) is 0. The van der Waals surface area contributed by atoms with Crippen molar-refractivity contribution in [2.24, 2.45) is 0 Å². The topological polar surface area (TPSA) is 57.0 Å². The summed E-state index contributed by atoms with van der Waals surface area (Å²) in [6, 6.07) is 13.4. The van der Waals surface area contributed by atoms with Gasteiger partial charge < -0.3 is 9.30 Å². The molecule has 0 unspecified atom stereocenters. The molecule has 4 aromatic rings. The van der Waals surface area contributed by atoms with Crippen LogP contribution in [-0.4, -0.2) is 14.5 Å². The molecule has 0 bridgehead atoms. The summed E-state index contributed by atoms with van der Waals surface area (Å²) in [6.07, 6.45) is -1.89.